The topological polar surface area (TPSA) is 15.4 Å². The minimum atomic E-state index is -0.0432. The number of azo groups is 2. The highest BCUT2D eigenvalue weighted by Gasteiger charge is 2.42. The lowest BCUT2D eigenvalue weighted by Crippen LogP contribution is -2.33. The van der Waals surface area contributed by atoms with E-state index in [9.17, 15) is 0 Å². The molecule has 1 aromatic rings. The zero-order valence-corrected chi connectivity index (χ0v) is 11.5. The summed E-state index contributed by atoms with van der Waals surface area (Å²) in [5.41, 5.74) is 2.31. The maximum Gasteiger partial charge on any atom is 0.228 e. The van der Waals surface area contributed by atoms with Crippen molar-refractivity contribution >= 4 is 11.6 Å². The van der Waals surface area contributed by atoms with Crippen LogP contribution in [0.1, 0.15) is 39.3 Å². The van der Waals surface area contributed by atoms with Crippen LogP contribution in [0, 0.1) is 0 Å². The molecule has 0 amide bonds. The summed E-state index contributed by atoms with van der Waals surface area (Å²) in [5, 5.41) is 5.10. The monoisotopic (exact) mass is 249 g/mol. The van der Waals surface area contributed by atoms with E-state index in [1.807, 2.05) is 6.07 Å². The molecule has 0 fully saturated rings. The molecule has 1 aromatic carbocycles. The third-order valence-electron chi connectivity index (χ3n) is 2.98. The number of hydrogen-bond acceptors (Lipinski definition) is 1. The molecule has 1 unspecified atom stereocenters. The van der Waals surface area contributed by atoms with Crippen LogP contribution in [0.5, 0.6) is 0 Å². The second-order valence-corrected chi connectivity index (χ2v) is 5.76. The molecule has 0 saturated carbocycles. The van der Waals surface area contributed by atoms with Crippen molar-refractivity contribution < 1.29 is 4.70 Å². The second kappa shape index (κ2) is 4.26. The van der Waals surface area contributed by atoms with Crippen LogP contribution in [0.3, 0.4) is 0 Å². The molecule has 1 atom stereocenters. The lowest BCUT2D eigenvalue weighted by atomic mass is 9.97. The molecule has 3 heteroatoms. The predicted octanol–water partition coefficient (Wildman–Crippen LogP) is 4.47. The van der Waals surface area contributed by atoms with Gasteiger partial charge < -0.3 is 0 Å². The Labute approximate surface area is 108 Å². The fourth-order valence-corrected chi connectivity index (χ4v) is 2.28. The molecule has 0 aromatic heterocycles. The van der Waals surface area contributed by atoms with E-state index in [-0.39, 0.29) is 11.6 Å². The fraction of sp³-hybridized carbons (Fsp3) is 0.429. The van der Waals surface area contributed by atoms with Crippen molar-refractivity contribution in [2.45, 2.75) is 39.3 Å². The van der Waals surface area contributed by atoms with Crippen LogP contribution < -0.4 is 0 Å². The molecule has 2 rings (SSSR count). The maximum absolute atomic E-state index is 6.18. The molecule has 90 valence electrons. The zero-order valence-electron chi connectivity index (χ0n) is 10.7. The van der Waals surface area contributed by atoms with Crippen molar-refractivity contribution in [2.75, 3.05) is 0 Å². The number of hydrogen-bond donors (Lipinski definition) is 0. The van der Waals surface area contributed by atoms with Crippen molar-refractivity contribution in [3.8, 4) is 0 Å². The molecular weight excluding hydrogens is 232 g/mol. The van der Waals surface area contributed by atoms with Gasteiger partial charge in [0.25, 0.3) is 0 Å². The largest absolute Gasteiger partial charge is 0.228 e. The van der Waals surface area contributed by atoms with Gasteiger partial charge in [0.05, 0.1) is 0 Å². The molecule has 0 bridgehead atoms. The third-order valence-corrected chi connectivity index (χ3v) is 3.35. The first-order valence-electron chi connectivity index (χ1n) is 5.83. The molecule has 0 N–H and O–H groups in total. The van der Waals surface area contributed by atoms with Gasteiger partial charge in [-0.05, 0) is 6.92 Å². The molecule has 2 nitrogen and oxygen atoms in total. The van der Waals surface area contributed by atoms with Gasteiger partial charge in [-0.25, -0.2) is 0 Å². The average molecular weight is 250 g/mol. The van der Waals surface area contributed by atoms with Gasteiger partial charge in [-0.3, -0.25) is 0 Å². The first-order chi connectivity index (χ1) is 7.91. The van der Waals surface area contributed by atoms with E-state index >= 15 is 0 Å². The minimum Gasteiger partial charge on any atom is -0.106 e. The summed E-state index contributed by atoms with van der Waals surface area (Å²) in [6.07, 6.45) is 0. The standard InChI is InChI=1S/C14H18ClN2/c1-10-12(11-8-6-5-7-9-11)17(14(2,3)4)16-13(10)15/h5-9,12H,1-4H3/q+1. The summed E-state index contributed by atoms with van der Waals surface area (Å²) in [5.74, 6) is 0. The molecule has 1 heterocycles. The smallest absolute Gasteiger partial charge is 0.106 e. The second-order valence-electron chi connectivity index (χ2n) is 5.40. The molecule has 0 radical (unpaired) electrons. The molecule has 0 aliphatic carbocycles. The van der Waals surface area contributed by atoms with Gasteiger partial charge >= 0.3 is 0 Å². The average Bonchev–Trinajstić information content (AvgIpc) is 2.57. The lowest BCUT2D eigenvalue weighted by molar-refractivity contribution is -0.677. The number of rotatable bonds is 1. The Morgan fingerprint density at radius 3 is 2.29 bits per heavy atom. The summed E-state index contributed by atoms with van der Waals surface area (Å²) in [4.78, 5) is 0. The van der Waals surface area contributed by atoms with E-state index < -0.39 is 0 Å². The lowest BCUT2D eigenvalue weighted by Gasteiger charge is -2.19. The Morgan fingerprint density at radius 1 is 1.18 bits per heavy atom. The fourth-order valence-electron chi connectivity index (χ4n) is 2.09. The SMILES string of the molecule is CC1=C(Cl)N=[N+](C(C)(C)C)C1c1ccccc1. The van der Waals surface area contributed by atoms with Crippen LogP contribution in [-0.4, -0.2) is 10.2 Å². The Morgan fingerprint density at radius 2 is 1.76 bits per heavy atom. The van der Waals surface area contributed by atoms with Crippen molar-refractivity contribution in [1.82, 2.24) is 0 Å². The zero-order chi connectivity index (χ0) is 12.6. The van der Waals surface area contributed by atoms with Crippen molar-refractivity contribution in [3.63, 3.8) is 0 Å². The van der Waals surface area contributed by atoms with Gasteiger partial charge in [-0.1, -0.05) is 41.9 Å². The molecule has 0 spiro atoms. The summed E-state index contributed by atoms with van der Waals surface area (Å²) >= 11 is 6.18. The minimum absolute atomic E-state index is 0.0432. The van der Waals surface area contributed by atoms with Gasteiger partial charge in [0, 0.05) is 37.0 Å². The van der Waals surface area contributed by atoms with Crippen molar-refractivity contribution in [2.24, 2.45) is 5.11 Å². The molecule has 1 aliphatic rings. The van der Waals surface area contributed by atoms with Crippen LogP contribution >= 0.6 is 11.6 Å². The summed E-state index contributed by atoms with van der Waals surface area (Å²) in [7, 11) is 0. The Bertz CT molecular complexity index is 481. The highest BCUT2D eigenvalue weighted by Crippen LogP contribution is 2.38. The highest BCUT2D eigenvalue weighted by atomic mass is 35.5. The predicted molar refractivity (Wildman–Crippen MR) is 70.2 cm³/mol. The van der Waals surface area contributed by atoms with E-state index in [1.165, 1.54) is 5.56 Å². The first kappa shape index (κ1) is 12.3. The maximum atomic E-state index is 6.18. The van der Waals surface area contributed by atoms with Gasteiger partial charge in [-0.2, -0.15) is 0 Å². The van der Waals surface area contributed by atoms with Crippen molar-refractivity contribution in [3.05, 3.63) is 46.6 Å². The summed E-state index contributed by atoms with van der Waals surface area (Å²) in [6, 6.07) is 10.5. The summed E-state index contributed by atoms with van der Waals surface area (Å²) < 4.78 is 2.08. The van der Waals surface area contributed by atoms with E-state index in [4.69, 9.17) is 11.6 Å². The number of benzene rings is 1. The van der Waals surface area contributed by atoms with Gasteiger partial charge in [0.1, 0.15) is 0 Å². The Balaban J connectivity index is 2.48. The van der Waals surface area contributed by atoms with Crippen LogP contribution in [0.4, 0.5) is 0 Å². The van der Waals surface area contributed by atoms with E-state index in [0.29, 0.717) is 5.16 Å². The molecule has 1 aliphatic heterocycles. The van der Waals surface area contributed by atoms with Crippen LogP contribution in [0.15, 0.2) is 46.2 Å². The third kappa shape index (κ3) is 2.27. The summed E-state index contributed by atoms with van der Waals surface area (Å²) in [6.45, 7) is 8.49. The van der Waals surface area contributed by atoms with Crippen LogP contribution in [0.25, 0.3) is 0 Å². The van der Waals surface area contributed by atoms with Gasteiger partial charge in [0.2, 0.25) is 11.2 Å². The molecular formula is C14H18ClN2+. The number of nitrogens with zero attached hydrogens (tertiary/aromatic N) is 2. The number of halogens is 1. The van der Waals surface area contributed by atoms with E-state index in [0.717, 1.165) is 5.57 Å². The Kier molecular flexibility index (Phi) is 3.09. The van der Waals surface area contributed by atoms with Crippen LogP contribution in [0.2, 0.25) is 0 Å². The molecule has 17 heavy (non-hydrogen) atoms. The van der Waals surface area contributed by atoms with Gasteiger partial charge in [-0.15, -0.1) is 4.70 Å². The van der Waals surface area contributed by atoms with Crippen molar-refractivity contribution in [1.29, 1.82) is 0 Å². The molecule has 0 saturated heterocycles. The van der Waals surface area contributed by atoms with Crippen LogP contribution in [-0.2, 0) is 0 Å². The Hall–Kier alpha value is -1.15. The van der Waals surface area contributed by atoms with E-state index in [2.05, 4.69) is 61.8 Å². The van der Waals surface area contributed by atoms with E-state index in [1.54, 1.807) is 0 Å². The first-order valence-corrected chi connectivity index (χ1v) is 6.21. The highest BCUT2D eigenvalue weighted by molar-refractivity contribution is 6.29. The normalized spacial score (nSPS) is 20.8. The van der Waals surface area contributed by atoms with Gasteiger partial charge in [0.15, 0.2) is 5.54 Å². The quantitative estimate of drug-likeness (QED) is 0.515.